The third-order valence-electron chi connectivity index (χ3n) is 4.56. The quantitative estimate of drug-likeness (QED) is 0.521. The van der Waals surface area contributed by atoms with Gasteiger partial charge < -0.3 is 4.57 Å². The van der Waals surface area contributed by atoms with Crippen LogP contribution in [-0.2, 0) is 18.7 Å². The fourth-order valence-electron chi connectivity index (χ4n) is 3.31. The smallest absolute Gasteiger partial charge is 0.191 e. The lowest BCUT2D eigenvalue weighted by atomic mass is 9.87. The van der Waals surface area contributed by atoms with Crippen molar-refractivity contribution in [3.05, 3.63) is 54.1 Å². The van der Waals surface area contributed by atoms with Gasteiger partial charge in [0.05, 0.1) is 0 Å². The van der Waals surface area contributed by atoms with Crippen molar-refractivity contribution in [3.63, 3.8) is 0 Å². The number of benzene rings is 1. The Balaban J connectivity index is 1.69. The second-order valence-electron chi connectivity index (χ2n) is 6.42. The highest BCUT2D eigenvalue weighted by Crippen LogP contribution is 2.28. The zero-order valence-electron chi connectivity index (χ0n) is 14.0. The number of allylic oxidation sites excluding steroid dienone is 1. The molecule has 0 atom stereocenters. The van der Waals surface area contributed by atoms with Crippen LogP contribution in [0.3, 0.4) is 0 Å². The van der Waals surface area contributed by atoms with Crippen molar-refractivity contribution in [3.8, 4) is 0 Å². The van der Waals surface area contributed by atoms with E-state index in [2.05, 4.69) is 21.3 Å². The van der Waals surface area contributed by atoms with E-state index in [4.69, 9.17) is 0 Å². The maximum absolute atomic E-state index is 13.3. The Labute approximate surface area is 147 Å². The van der Waals surface area contributed by atoms with E-state index in [0.717, 1.165) is 35.4 Å². The van der Waals surface area contributed by atoms with Gasteiger partial charge in [0.1, 0.15) is 11.6 Å². The lowest BCUT2D eigenvalue weighted by molar-refractivity contribution is 0.347. The number of hydrogen-bond acceptors (Lipinski definition) is 3. The van der Waals surface area contributed by atoms with Gasteiger partial charge in [-0.05, 0) is 23.6 Å². The molecule has 1 fully saturated rings. The third-order valence-corrected chi connectivity index (χ3v) is 5.60. The second kappa shape index (κ2) is 8.47. The van der Waals surface area contributed by atoms with Crippen LogP contribution < -0.4 is 0 Å². The molecule has 1 aromatic heterocycles. The minimum absolute atomic E-state index is 0.196. The molecule has 0 amide bonds. The minimum atomic E-state index is -0.196. The van der Waals surface area contributed by atoms with E-state index in [1.54, 1.807) is 23.9 Å². The van der Waals surface area contributed by atoms with E-state index in [1.807, 2.05) is 12.1 Å². The highest BCUT2D eigenvalue weighted by atomic mass is 32.2. The summed E-state index contributed by atoms with van der Waals surface area (Å²) in [5, 5.41) is 9.69. The van der Waals surface area contributed by atoms with Gasteiger partial charge in [0.2, 0.25) is 0 Å². The Bertz CT molecular complexity index is 677. The Kier molecular flexibility index (Phi) is 6.07. The molecule has 1 aromatic carbocycles. The first-order valence-electron chi connectivity index (χ1n) is 8.66. The van der Waals surface area contributed by atoms with Crippen molar-refractivity contribution in [2.45, 2.75) is 56.0 Å². The predicted octanol–water partition coefficient (Wildman–Crippen LogP) is 5.02. The molecule has 0 saturated heterocycles. The van der Waals surface area contributed by atoms with Crippen molar-refractivity contribution in [2.75, 3.05) is 0 Å². The highest BCUT2D eigenvalue weighted by Gasteiger charge is 2.19. The molecule has 0 N–H and O–H groups in total. The minimum Gasteiger partial charge on any atom is -0.302 e. The standard InChI is InChI=1S/C19H24FN3S/c1-2-11-23-18(13-15-7-4-3-5-8-15)21-22-19(23)24-14-16-9-6-10-17(20)12-16/h2,6,9-10,12,15H,1,3-5,7-8,11,13-14H2. The summed E-state index contributed by atoms with van der Waals surface area (Å²) in [6.45, 7) is 4.58. The number of rotatable bonds is 7. The molecule has 128 valence electrons. The van der Waals surface area contributed by atoms with Gasteiger partial charge in [-0.25, -0.2) is 4.39 Å². The first-order chi connectivity index (χ1) is 11.8. The van der Waals surface area contributed by atoms with Crippen LogP contribution in [-0.4, -0.2) is 14.8 Å². The summed E-state index contributed by atoms with van der Waals surface area (Å²) in [5.41, 5.74) is 0.960. The summed E-state index contributed by atoms with van der Waals surface area (Å²) in [7, 11) is 0. The molecule has 3 rings (SSSR count). The first kappa shape index (κ1) is 17.2. The summed E-state index contributed by atoms with van der Waals surface area (Å²) >= 11 is 1.61. The van der Waals surface area contributed by atoms with Crippen LogP contribution in [0, 0.1) is 11.7 Å². The Hall–Kier alpha value is -1.62. The number of thioether (sulfide) groups is 1. The van der Waals surface area contributed by atoms with Crippen LogP contribution in [0.15, 0.2) is 42.1 Å². The number of aromatic nitrogens is 3. The first-order valence-corrected chi connectivity index (χ1v) is 9.65. The van der Waals surface area contributed by atoms with E-state index in [9.17, 15) is 4.39 Å². The molecule has 1 aliphatic rings. The van der Waals surface area contributed by atoms with Gasteiger partial charge in [-0.15, -0.1) is 16.8 Å². The van der Waals surface area contributed by atoms with Crippen LogP contribution in [0.1, 0.15) is 43.5 Å². The average Bonchev–Trinajstić information content (AvgIpc) is 2.96. The molecule has 3 nitrogen and oxygen atoms in total. The van der Waals surface area contributed by atoms with Crippen molar-refractivity contribution >= 4 is 11.8 Å². The topological polar surface area (TPSA) is 30.7 Å². The van der Waals surface area contributed by atoms with Gasteiger partial charge in [0, 0.05) is 18.7 Å². The normalized spacial score (nSPS) is 15.5. The molecule has 0 spiro atoms. The molecule has 2 aromatic rings. The van der Waals surface area contributed by atoms with E-state index in [-0.39, 0.29) is 5.82 Å². The maximum Gasteiger partial charge on any atom is 0.191 e. The van der Waals surface area contributed by atoms with E-state index in [1.165, 1.54) is 38.2 Å². The van der Waals surface area contributed by atoms with Crippen molar-refractivity contribution in [1.82, 2.24) is 14.8 Å². The van der Waals surface area contributed by atoms with E-state index < -0.39 is 0 Å². The number of hydrogen-bond donors (Lipinski definition) is 0. The molecule has 24 heavy (non-hydrogen) atoms. The highest BCUT2D eigenvalue weighted by molar-refractivity contribution is 7.98. The lowest BCUT2D eigenvalue weighted by Crippen LogP contribution is -2.13. The van der Waals surface area contributed by atoms with Crippen LogP contribution in [0.5, 0.6) is 0 Å². The molecular formula is C19H24FN3S. The molecule has 5 heteroatoms. The van der Waals surface area contributed by atoms with E-state index in [0.29, 0.717) is 5.75 Å². The Morgan fingerprint density at radius 3 is 2.83 bits per heavy atom. The van der Waals surface area contributed by atoms with Crippen molar-refractivity contribution < 1.29 is 4.39 Å². The monoisotopic (exact) mass is 345 g/mol. The zero-order chi connectivity index (χ0) is 16.8. The summed E-state index contributed by atoms with van der Waals surface area (Å²) in [6, 6.07) is 6.72. The van der Waals surface area contributed by atoms with Gasteiger partial charge in [-0.1, -0.05) is 62.1 Å². The van der Waals surface area contributed by atoms with Crippen LogP contribution >= 0.6 is 11.8 Å². The summed E-state index contributed by atoms with van der Waals surface area (Å²) in [5.74, 6) is 2.28. The van der Waals surface area contributed by atoms with Crippen LogP contribution in [0.4, 0.5) is 4.39 Å². The summed E-state index contributed by atoms with van der Waals surface area (Å²) in [6.07, 6.45) is 9.52. The predicted molar refractivity (Wildman–Crippen MR) is 96.5 cm³/mol. The molecule has 0 bridgehead atoms. The van der Waals surface area contributed by atoms with Crippen LogP contribution in [0.2, 0.25) is 0 Å². The van der Waals surface area contributed by atoms with Crippen LogP contribution in [0.25, 0.3) is 0 Å². The Morgan fingerprint density at radius 2 is 2.08 bits per heavy atom. The van der Waals surface area contributed by atoms with Gasteiger partial charge in [-0.3, -0.25) is 0 Å². The second-order valence-corrected chi connectivity index (χ2v) is 7.37. The van der Waals surface area contributed by atoms with Gasteiger partial charge in [0.25, 0.3) is 0 Å². The third kappa shape index (κ3) is 4.47. The van der Waals surface area contributed by atoms with Crippen molar-refractivity contribution in [1.29, 1.82) is 0 Å². The summed E-state index contributed by atoms with van der Waals surface area (Å²) in [4.78, 5) is 0. The van der Waals surface area contributed by atoms with Gasteiger partial charge in [-0.2, -0.15) is 0 Å². The number of halogens is 1. The molecule has 0 radical (unpaired) electrons. The fourth-order valence-corrected chi connectivity index (χ4v) is 4.22. The van der Waals surface area contributed by atoms with E-state index >= 15 is 0 Å². The summed E-state index contributed by atoms with van der Waals surface area (Å²) < 4.78 is 15.5. The zero-order valence-corrected chi connectivity index (χ0v) is 14.8. The molecular weight excluding hydrogens is 321 g/mol. The molecule has 1 saturated carbocycles. The van der Waals surface area contributed by atoms with Crippen molar-refractivity contribution in [2.24, 2.45) is 5.92 Å². The van der Waals surface area contributed by atoms with Gasteiger partial charge in [0.15, 0.2) is 5.16 Å². The largest absolute Gasteiger partial charge is 0.302 e. The molecule has 1 aliphatic carbocycles. The maximum atomic E-state index is 13.3. The SMILES string of the molecule is C=CCn1c(CC2CCCCC2)nnc1SCc1cccc(F)c1. The fraction of sp³-hybridized carbons (Fsp3) is 0.474. The molecule has 1 heterocycles. The lowest BCUT2D eigenvalue weighted by Gasteiger charge is -2.21. The van der Waals surface area contributed by atoms with Gasteiger partial charge >= 0.3 is 0 Å². The molecule has 0 aliphatic heterocycles. The average molecular weight is 345 g/mol. The number of nitrogens with zero attached hydrogens (tertiary/aromatic N) is 3. The molecule has 0 unspecified atom stereocenters. The Morgan fingerprint density at radius 1 is 1.25 bits per heavy atom.